The van der Waals surface area contributed by atoms with Gasteiger partial charge in [0, 0.05) is 44.0 Å². The molecule has 0 spiro atoms. The van der Waals surface area contributed by atoms with Crippen molar-refractivity contribution in [1.29, 1.82) is 0 Å². The summed E-state index contributed by atoms with van der Waals surface area (Å²) >= 11 is 0. The second kappa shape index (κ2) is 8.91. The molecule has 1 aromatic rings. The van der Waals surface area contributed by atoms with Gasteiger partial charge in [-0.15, -0.1) is 0 Å². The lowest BCUT2D eigenvalue weighted by atomic mass is 9.87. The van der Waals surface area contributed by atoms with E-state index in [2.05, 4.69) is 69.1 Å². The van der Waals surface area contributed by atoms with E-state index in [4.69, 9.17) is 9.16 Å². The molecule has 1 aliphatic heterocycles. The summed E-state index contributed by atoms with van der Waals surface area (Å²) < 4.78 is 12.3. The van der Waals surface area contributed by atoms with Gasteiger partial charge in [0.1, 0.15) is 6.10 Å². The van der Waals surface area contributed by atoms with Gasteiger partial charge in [0.05, 0.1) is 0 Å². The molecule has 1 saturated carbocycles. The maximum atomic E-state index is 11.8. The van der Waals surface area contributed by atoms with E-state index in [0.717, 1.165) is 32.5 Å². The van der Waals surface area contributed by atoms with Gasteiger partial charge in [-0.3, -0.25) is 9.69 Å². The van der Waals surface area contributed by atoms with E-state index in [-0.39, 0.29) is 17.1 Å². The molecule has 0 bridgehead atoms. The van der Waals surface area contributed by atoms with Crippen LogP contribution in [-0.2, 0) is 14.0 Å². The monoisotopic (exact) mass is 417 g/mol. The highest BCUT2D eigenvalue weighted by Gasteiger charge is 2.45. The van der Waals surface area contributed by atoms with Crippen LogP contribution in [0.3, 0.4) is 0 Å². The van der Waals surface area contributed by atoms with E-state index in [1.54, 1.807) is 0 Å². The molecule has 5 heteroatoms. The zero-order chi connectivity index (χ0) is 21.2. The number of esters is 1. The molecule has 1 aliphatic carbocycles. The number of carbonyl (C=O) groups excluding carboxylic acids is 1. The zero-order valence-corrected chi connectivity index (χ0v) is 20.1. The largest absolute Gasteiger partial charge is 0.461 e. The van der Waals surface area contributed by atoms with E-state index >= 15 is 0 Å². The van der Waals surface area contributed by atoms with Crippen LogP contribution in [0, 0.1) is 5.92 Å². The molecule has 3 rings (SSSR count). The van der Waals surface area contributed by atoms with Crippen molar-refractivity contribution in [2.24, 2.45) is 5.92 Å². The summed E-state index contributed by atoms with van der Waals surface area (Å²) in [6, 6.07) is 11.2. The minimum absolute atomic E-state index is 0.0685. The van der Waals surface area contributed by atoms with Gasteiger partial charge in [-0.25, -0.2) is 0 Å². The molecule has 0 aromatic heterocycles. The van der Waals surface area contributed by atoms with Gasteiger partial charge in [-0.05, 0) is 36.5 Å². The topological polar surface area (TPSA) is 38.8 Å². The number of rotatable bonds is 7. The Labute approximate surface area is 178 Å². The summed E-state index contributed by atoms with van der Waals surface area (Å²) in [5.41, 5.74) is 1.40. The van der Waals surface area contributed by atoms with Crippen molar-refractivity contribution in [3.8, 4) is 0 Å². The van der Waals surface area contributed by atoms with Crippen molar-refractivity contribution in [1.82, 2.24) is 4.90 Å². The van der Waals surface area contributed by atoms with Crippen LogP contribution in [0.5, 0.6) is 0 Å². The Morgan fingerprint density at radius 3 is 2.38 bits per heavy atom. The fourth-order valence-electron chi connectivity index (χ4n) is 4.21. The summed E-state index contributed by atoms with van der Waals surface area (Å²) in [7, 11) is -1.77. The zero-order valence-electron chi connectivity index (χ0n) is 19.1. The summed E-state index contributed by atoms with van der Waals surface area (Å²) in [5, 5.41) is 0.223. The van der Waals surface area contributed by atoms with Gasteiger partial charge in [0.25, 0.3) is 0 Å². The first-order valence-corrected chi connectivity index (χ1v) is 14.2. The quantitative estimate of drug-likeness (QED) is 0.451. The SMILES string of the molecule is CCC(=O)OC1CCC1N1CC(CO[Si](C)(C)C(C)(C)C)C(c2ccccc2)C1. The van der Waals surface area contributed by atoms with Crippen molar-refractivity contribution in [3.63, 3.8) is 0 Å². The second-order valence-electron chi connectivity index (χ2n) is 10.3. The van der Waals surface area contributed by atoms with Crippen LogP contribution in [-0.4, -0.2) is 51.0 Å². The molecule has 0 N–H and O–H groups in total. The van der Waals surface area contributed by atoms with Crippen LogP contribution < -0.4 is 0 Å². The molecule has 0 amide bonds. The standard InChI is InChI=1S/C24H39NO3Si/c1-7-23(26)28-22-14-13-21(22)25-15-19(17-27-29(5,6)24(2,3)4)20(16-25)18-11-9-8-10-12-18/h8-12,19-22H,7,13-17H2,1-6H3. The number of hydrogen-bond acceptors (Lipinski definition) is 4. The molecule has 4 unspecified atom stereocenters. The van der Waals surface area contributed by atoms with Gasteiger partial charge in [0.2, 0.25) is 0 Å². The molecule has 1 aromatic carbocycles. The van der Waals surface area contributed by atoms with Gasteiger partial charge in [0.15, 0.2) is 8.32 Å². The fourth-order valence-corrected chi connectivity index (χ4v) is 5.28. The Morgan fingerprint density at radius 1 is 1.14 bits per heavy atom. The van der Waals surface area contributed by atoms with Gasteiger partial charge < -0.3 is 9.16 Å². The van der Waals surface area contributed by atoms with E-state index in [1.165, 1.54) is 5.56 Å². The number of ether oxygens (including phenoxy) is 1. The molecule has 1 heterocycles. The maximum Gasteiger partial charge on any atom is 0.305 e. The van der Waals surface area contributed by atoms with Gasteiger partial charge in [-0.2, -0.15) is 0 Å². The average Bonchev–Trinajstić information content (AvgIpc) is 3.06. The van der Waals surface area contributed by atoms with Crippen LogP contribution in [0.1, 0.15) is 58.4 Å². The van der Waals surface area contributed by atoms with E-state index in [1.807, 2.05) is 6.92 Å². The molecule has 0 radical (unpaired) electrons. The minimum Gasteiger partial charge on any atom is -0.461 e. The lowest BCUT2D eigenvalue weighted by Gasteiger charge is -2.42. The third-order valence-corrected chi connectivity index (χ3v) is 11.9. The van der Waals surface area contributed by atoms with E-state index in [9.17, 15) is 4.79 Å². The maximum absolute atomic E-state index is 11.8. The normalized spacial score (nSPS) is 28.2. The van der Waals surface area contributed by atoms with Crippen molar-refractivity contribution >= 4 is 14.3 Å². The Balaban J connectivity index is 1.71. The lowest BCUT2D eigenvalue weighted by Crippen LogP contribution is -2.51. The average molecular weight is 418 g/mol. The first kappa shape index (κ1) is 22.5. The van der Waals surface area contributed by atoms with Crippen molar-refractivity contribution in [2.45, 2.75) is 83.2 Å². The summed E-state index contributed by atoms with van der Waals surface area (Å²) in [5.74, 6) is 0.884. The smallest absolute Gasteiger partial charge is 0.305 e. The Morgan fingerprint density at radius 2 is 1.83 bits per heavy atom. The molecule has 29 heavy (non-hydrogen) atoms. The minimum atomic E-state index is -1.77. The van der Waals surface area contributed by atoms with Crippen molar-refractivity contribution in [3.05, 3.63) is 35.9 Å². The summed E-state index contributed by atoms with van der Waals surface area (Å²) in [6.07, 6.45) is 2.64. The van der Waals surface area contributed by atoms with E-state index < -0.39 is 8.32 Å². The van der Waals surface area contributed by atoms with Crippen LogP contribution in [0.25, 0.3) is 0 Å². The first-order chi connectivity index (χ1) is 13.6. The second-order valence-corrected chi connectivity index (χ2v) is 15.1. The van der Waals surface area contributed by atoms with Gasteiger partial charge in [-0.1, -0.05) is 58.0 Å². The number of nitrogens with zero attached hydrogens (tertiary/aromatic N) is 1. The van der Waals surface area contributed by atoms with Crippen molar-refractivity contribution < 1.29 is 14.0 Å². The third kappa shape index (κ3) is 5.12. The first-order valence-electron chi connectivity index (χ1n) is 11.2. The summed E-state index contributed by atoms with van der Waals surface area (Å²) in [4.78, 5) is 14.3. The molecule has 1 saturated heterocycles. The number of likely N-dealkylation sites (tertiary alicyclic amines) is 1. The Bertz CT molecular complexity index is 685. The third-order valence-electron chi connectivity index (χ3n) is 7.38. The van der Waals surface area contributed by atoms with E-state index in [0.29, 0.717) is 24.3 Å². The Kier molecular flexibility index (Phi) is 6.91. The number of carbonyl (C=O) groups is 1. The highest BCUT2D eigenvalue weighted by Crippen LogP contribution is 2.41. The van der Waals surface area contributed by atoms with Crippen molar-refractivity contribution in [2.75, 3.05) is 19.7 Å². The van der Waals surface area contributed by atoms with Crippen LogP contribution in [0.15, 0.2) is 30.3 Å². The highest BCUT2D eigenvalue weighted by atomic mass is 28.4. The number of hydrogen-bond donors (Lipinski definition) is 0. The van der Waals surface area contributed by atoms with Crippen LogP contribution in [0.4, 0.5) is 0 Å². The Hall–Kier alpha value is -1.17. The molecule has 4 nitrogen and oxygen atoms in total. The van der Waals surface area contributed by atoms with Crippen LogP contribution in [0.2, 0.25) is 18.1 Å². The highest BCUT2D eigenvalue weighted by molar-refractivity contribution is 6.74. The summed E-state index contributed by atoms with van der Waals surface area (Å²) in [6.45, 7) is 16.3. The molecular weight excluding hydrogens is 378 g/mol. The number of benzene rings is 1. The molecule has 2 aliphatic rings. The predicted molar refractivity (Wildman–Crippen MR) is 121 cm³/mol. The molecule has 162 valence electrons. The predicted octanol–water partition coefficient (Wildman–Crippen LogP) is 5.21. The van der Waals surface area contributed by atoms with Gasteiger partial charge >= 0.3 is 5.97 Å². The molecular formula is C24H39NO3Si. The lowest BCUT2D eigenvalue weighted by molar-refractivity contribution is -0.159. The fraction of sp³-hybridized carbons (Fsp3) is 0.708. The molecule has 2 fully saturated rings. The molecule has 4 atom stereocenters. The van der Waals surface area contributed by atoms with Crippen LogP contribution >= 0.6 is 0 Å².